The highest BCUT2D eigenvalue weighted by atomic mass is 28.6. The van der Waals surface area contributed by atoms with Gasteiger partial charge in [-0.25, -0.2) is 8.22 Å². The molecule has 1 aliphatic rings. The Bertz CT molecular complexity index is 1370. The minimum Gasteiger partial charge on any atom is -0.346 e. The Balaban J connectivity index is 1.98. The molecule has 0 unspecified atom stereocenters. The molecule has 1 aliphatic heterocycles. The van der Waals surface area contributed by atoms with Gasteiger partial charge in [-0.05, 0) is 37.8 Å². The van der Waals surface area contributed by atoms with E-state index in [9.17, 15) is 0 Å². The van der Waals surface area contributed by atoms with Gasteiger partial charge in [-0.2, -0.15) is 0 Å². The molecule has 0 saturated carbocycles. The molecule has 0 spiro atoms. The predicted octanol–water partition coefficient (Wildman–Crippen LogP) is 6.89. The quantitative estimate of drug-likeness (QED) is 0.190. The van der Waals surface area contributed by atoms with E-state index >= 15 is 8.22 Å². The monoisotopic (exact) mass is 572 g/mol. The lowest BCUT2D eigenvalue weighted by Gasteiger charge is -2.73. The summed E-state index contributed by atoms with van der Waals surface area (Å²) in [5.41, 5.74) is 0.633. The third kappa shape index (κ3) is 3.93. The van der Waals surface area contributed by atoms with Crippen LogP contribution in [0.4, 0.5) is 13.9 Å². The van der Waals surface area contributed by atoms with E-state index in [1.54, 1.807) is 4.23 Å². The number of hydrogen-bond donors (Lipinski definition) is 0. The maximum atomic E-state index is 17.7. The molecule has 202 valence electrons. The molecular formula is C32H38F2N2Si3. The van der Waals surface area contributed by atoms with E-state index in [0.717, 1.165) is 15.6 Å². The Labute approximate surface area is 235 Å². The SMILES string of the molecule is CC(C)(C)[Si](c1ccccc1)(c1ccccc1)N1[Si](F)(F)N(c2ccccc2)[Si@]1(c1ccccc1)C(C)(C)C. The summed E-state index contributed by atoms with van der Waals surface area (Å²) in [5, 5.41) is 2.24. The van der Waals surface area contributed by atoms with Crippen molar-refractivity contribution < 1.29 is 8.22 Å². The summed E-state index contributed by atoms with van der Waals surface area (Å²) in [5.74, 6) is 0. The average molecular weight is 573 g/mol. The van der Waals surface area contributed by atoms with Gasteiger partial charge in [-0.15, -0.1) is 0 Å². The second kappa shape index (κ2) is 9.66. The van der Waals surface area contributed by atoms with Crippen molar-refractivity contribution in [2.45, 2.75) is 51.6 Å². The summed E-state index contributed by atoms with van der Waals surface area (Å²) in [6.07, 6.45) is 0. The molecule has 0 aliphatic carbocycles. The molecule has 4 aromatic rings. The van der Waals surface area contributed by atoms with Crippen molar-refractivity contribution in [1.82, 2.24) is 3.90 Å². The highest BCUT2D eigenvalue weighted by molar-refractivity contribution is 7.28. The maximum absolute atomic E-state index is 17.7. The van der Waals surface area contributed by atoms with E-state index in [0.29, 0.717) is 5.69 Å². The summed E-state index contributed by atoms with van der Waals surface area (Å²) < 4.78 is 39.0. The van der Waals surface area contributed by atoms with Crippen LogP contribution in [0.2, 0.25) is 10.1 Å². The van der Waals surface area contributed by atoms with Gasteiger partial charge in [-0.3, -0.25) is 3.90 Å². The molecule has 4 aromatic carbocycles. The van der Waals surface area contributed by atoms with E-state index in [-0.39, 0.29) is 0 Å². The van der Waals surface area contributed by atoms with Gasteiger partial charge in [0.05, 0.1) is 0 Å². The molecule has 5 rings (SSSR count). The van der Waals surface area contributed by atoms with Crippen LogP contribution in [0.1, 0.15) is 41.5 Å². The first kappa shape index (κ1) is 27.7. The molecule has 1 heterocycles. The molecule has 0 aromatic heterocycles. The number of rotatable bonds is 5. The third-order valence-corrected chi connectivity index (χ3v) is 26.9. The molecule has 0 radical (unpaired) electrons. The minimum absolute atomic E-state index is 0.437. The average Bonchev–Trinajstić information content (AvgIpc) is 2.90. The lowest BCUT2D eigenvalue weighted by molar-refractivity contribution is 0.452. The summed E-state index contributed by atoms with van der Waals surface area (Å²) in [6, 6.07) is 40.1. The zero-order valence-corrected chi connectivity index (χ0v) is 26.7. The van der Waals surface area contributed by atoms with Gasteiger partial charge in [0, 0.05) is 5.69 Å². The summed E-state index contributed by atoms with van der Waals surface area (Å²) >= 11 is 0. The molecule has 2 nitrogen and oxygen atoms in total. The van der Waals surface area contributed by atoms with Gasteiger partial charge >= 0.3 is 9.06 Å². The van der Waals surface area contributed by atoms with Gasteiger partial charge in [0.1, 0.15) is 0 Å². The Kier molecular flexibility index (Phi) is 6.86. The lowest BCUT2D eigenvalue weighted by atomic mass is 10.2. The fourth-order valence-electron chi connectivity index (χ4n) is 6.93. The normalized spacial score (nSPS) is 19.9. The summed E-state index contributed by atoms with van der Waals surface area (Å²) in [4.78, 5) is 0. The van der Waals surface area contributed by atoms with Crippen molar-refractivity contribution in [3.8, 4) is 0 Å². The number of benzene rings is 4. The van der Waals surface area contributed by atoms with E-state index in [1.807, 2.05) is 88.8 Å². The second-order valence-corrected chi connectivity index (χ2v) is 25.0. The summed E-state index contributed by atoms with van der Waals surface area (Å²) in [7, 11) is -11.9. The Morgan fingerprint density at radius 2 is 0.949 bits per heavy atom. The van der Waals surface area contributed by atoms with Crippen LogP contribution in [0.5, 0.6) is 0 Å². The Hall–Kier alpha value is -2.85. The molecule has 0 N–H and O–H groups in total. The van der Waals surface area contributed by atoms with Gasteiger partial charge in [-0.1, -0.05) is 151 Å². The second-order valence-electron chi connectivity index (χ2n) is 12.5. The smallest absolute Gasteiger partial charge is 0.346 e. The van der Waals surface area contributed by atoms with Crippen LogP contribution in [0.25, 0.3) is 0 Å². The standard InChI is InChI=1S/C32H38F2N2Si3/c1-31(2,3)37(28-21-13-8-14-22-28,29-23-15-9-16-24-29)36-38(32(4,5)6,30-25-17-10-18-26-30)35(39(36,33)34)27-19-11-7-12-20-27/h7-26H,1-6H3/t38-/m0/s1. The fraction of sp³-hybridized carbons (Fsp3) is 0.250. The van der Waals surface area contributed by atoms with E-state index < -0.39 is 35.8 Å². The molecule has 1 fully saturated rings. The maximum Gasteiger partial charge on any atom is 0.614 e. The number of para-hydroxylation sites is 1. The summed E-state index contributed by atoms with van der Waals surface area (Å²) in [6.45, 7) is 13.1. The van der Waals surface area contributed by atoms with Gasteiger partial charge in [0.15, 0.2) is 8.24 Å². The van der Waals surface area contributed by atoms with Crippen LogP contribution in [-0.4, -0.2) is 29.6 Å². The van der Waals surface area contributed by atoms with E-state index in [4.69, 9.17) is 0 Å². The van der Waals surface area contributed by atoms with Crippen LogP contribution in [0, 0.1) is 0 Å². The number of nitrogens with zero attached hydrogens (tertiary/aromatic N) is 2. The third-order valence-electron chi connectivity index (χ3n) is 8.23. The molecule has 0 bridgehead atoms. The number of hydrogen-bond acceptors (Lipinski definition) is 2. The molecule has 1 atom stereocenters. The fourth-order valence-corrected chi connectivity index (χ4v) is 32.4. The highest BCUT2D eigenvalue weighted by Crippen LogP contribution is 2.59. The molecule has 1 saturated heterocycles. The Morgan fingerprint density at radius 1 is 0.564 bits per heavy atom. The number of anilines is 1. The van der Waals surface area contributed by atoms with Crippen molar-refractivity contribution >= 4 is 46.9 Å². The topological polar surface area (TPSA) is 6.48 Å². The van der Waals surface area contributed by atoms with Crippen molar-refractivity contribution in [2.75, 3.05) is 4.23 Å². The van der Waals surface area contributed by atoms with Crippen LogP contribution in [0.15, 0.2) is 121 Å². The van der Waals surface area contributed by atoms with Crippen molar-refractivity contribution in [3.05, 3.63) is 121 Å². The first-order valence-electron chi connectivity index (χ1n) is 13.6. The van der Waals surface area contributed by atoms with Crippen LogP contribution < -0.4 is 19.8 Å². The van der Waals surface area contributed by atoms with Crippen LogP contribution in [-0.2, 0) is 0 Å². The van der Waals surface area contributed by atoms with Gasteiger partial charge in [0.25, 0.3) is 8.40 Å². The molecule has 39 heavy (non-hydrogen) atoms. The van der Waals surface area contributed by atoms with Crippen molar-refractivity contribution in [2.24, 2.45) is 0 Å². The molecule has 0 amide bonds. The minimum atomic E-state index is -5.20. The zero-order valence-electron chi connectivity index (χ0n) is 23.7. The highest BCUT2D eigenvalue weighted by Gasteiger charge is 2.85. The van der Waals surface area contributed by atoms with Gasteiger partial charge < -0.3 is 4.23 Å². The molecular weight excluding hydrogens is 535 g/mol. The lowest BCUT2D eigenvalue weighted by Crippen LogP contribution is -3.05. The van der Waals surface area contributed by atoms with Crippen molar-refractivity contribution in [3.63, 3.8) is 0 Å². The first-order chi connectivity index (χ1) is 18.4. The Morgan fingerprint density at radius 3 is 1.33 bits per heavy atom. The van der Waals surface area contributed by atoms with Gasteiger partial charge in [0.2, 0.25) is 0 Å². The van der Waals surface area contributed by atoms with Crippen LogP contribution >= 0.6 is 0 Å². The van der Waals surface area contributed by atoms with E-state index in [2.05, 4.69) is 77.9 Å². The zero-order chi connectivity index (χ0) is 28.1. The predicted molar refractivity (Wildman–Crippen MR) is 168 cm³/mol. The first-order valence-corrected chi connectivity index (χ1v) is 19.1. The van der Waals surface area contributed by atoms with Crippen LogP contribution in [0.3, 0.4) is 0 Å². The van der Waals surface area contributed by atoms with Crippen molar-refractivity contribution in [1.29, 1.82) is 0 Å². The largest absolute Gasteiger partial charge is 0.614 e. The number of halogens is 2. The molecule has 7 heteroatoms. The van der Waals surface area contributed by atoms with E-state index in [1.165, 1.54) is 0 Å².